The fraction of sp³-hybridized carbons (Fsp3) is 0.100. The lowest BCUT2D eigenvalue weighted by molar-refractivity contribution is 0.439. The molecule has 0 aliphatic heterocycles. The van der Waals surface area contributed by atoms with Crippen molar-refractivity contribution in [3.63, 3.8) is 0 Å². The molecular formula is C10H9BrN2O2. The molecule has 2 rings (SSSR count). The Bertz CT molecular complexity index is 508. The molecule has 0 bridgehead atoms. The number of nitrogens with zero attached hydrogens (tertiary/aromatic N) is 1. The number of halogens is 1. The average molecular weight is 269 g/mol. The number of hydrogen-bond acceptors (Lipinski definition) is 4. The van der Waals surface area contributed by atoms with Crippen LogP contribution in [0.1, 0.15) is 5.56 Å². The average Bonchev–Trinajstić information content (AvgIpc) is 2.61. The van der Waals surface area contributed by atoms with Crippen LogP contribution in [0.2, 0.25) is 0 Å². The SMILES string of the molecule is Cc1ccc(-c2cc(N)on2)c(Br)c1O. The Kier molecular flexibility index (Phi) is 2.40. The second-order valence-corrected chi connectivity index (χ2v) is 4.00. The zero-order valence-corrected chi connectivity index (χ0v) is 9.58. The Morgan fingerprint density at radius 2 is 2.20 bits per heavy atom. The van der Waals surface area contributed by atoms with Crippen molar-refractivity contribution in [2.75, 3.05) is 5.73 Å². The lowest BCUT2D eigenvalue weighted by atomic mass is 10.1. The molecule has 2 aromatic rings. The summed E-state index contributed by atoms with van der Waals surface area (Å²) < 4.78 is 5.36. The number of anilines is 1. The first-order valence-corrected chi connectivity index (χ1v) is 5.09. The standard InChI is InChI=1S/C10H9BrN2O2/c1-5-2-3-6(9(11)10(5)14)7-4-8(12)15-13-7/h2-4,14H,12H2,1H3. The van der Waals surface area contributed by atoms with Gasteiger partial charge < -0.3 is 15.4 Å². The van der Waals surface area contributed by atoms with E-state index in [2.05, 4.69) is 21.1 Å². The quantitative estimate of drug-likeness (QED) is 0.834. The van der Waals surface area contributed by atoms with Crippen molar-refractivity contribution in [2.24, 2.45) is 0 Å². The van der Waals surface area contributed by atoms with Gasteiger partial charge in [0, 0.05) is 11.6 Å². The Morgan fingerprint density at radius 3 is 2.80 bits per heavy atom. The summed E-state index contributed by atoms with van der Waals surface area (Å²) in [5.41, 5.74) is 7.56. The summed E-state index contributed by atoms with van der Waals surface area (Å²) in [7, 11) is 0. The molecular weight excluding hydrogens is 260 g/mol. The van der Waals surface area contributed by atoms with Crippen molar-refractivity contribution in [2.45, 2.75) is 6.92 Å². The molecule has 3 N–H and O–H groups in total. The van der Waals surface area contributed by atoms with Crippen molar-refractivity contribution in [1.29, 1.82) is 0 Å². The fourth-order valence-corrected chi connectivity index (χ4v) is 1.92. The molecule has 0 atom stereocenters. The van der Waals surface area contributed by atoms with Gasteiger partial charge in [0.25, 0.3) is 0 Å². The van der Waals surface area contributed by atoms with E-state index in [1.807, 2.05) is 13.0 Å². The number of nitrogen functional groups attached to an aromatic ring is 1. The maximum Gasteiger partial charge on any atom is 0.222 e. The van der Waals surface area contributed by atoms with Crippen LogP contribution in [-0.2, 0) is 0 Å². The Morgan fingerprint density at radius 1 is 1.47 bits per heavy atom. The smallest absolute Gasteiger partial charge is 0.222 e. The largest absolute Gasteiger partial charge is 0.506 e. The topological polar surface area (TPSA) is 72.3 Å². The van der Waals surface area contributed by atoms with E-state index in [-0.39, 0.29) is 11.6 Å². The minimum Gasteiger partial charge on any atom is -0.506 e. The molecule has 0 spiro atoms. The van der Waals surface area contributed by atoms with Gasteiger partial charge in [-0.3, -0.25) is 0 Å². The van der Waals surface area contributed by atoms with Gasteiger partial charge >= 0.3 is 0 Å². The molecule has 0 aliphatic carbocycles. The third-order valence-electron chi connectivity index (χ3n) is 2.12. The molecule has 0 fully saturated rings. The summed E-state index contributed by atoms with van der Waals surface area (Å²) in [6, 6.07) is 5.26. The lowest BCUT2D eigenvalue weighted by Gasteiger charge is -2.05. The minimum absolute atomic E-state index is 0.203. The van der Waals surface area contributed by atoms with E-state index in [0.29, 0.717) is 10.2 Å². The zero-order valence-electron chi connectivity index (χ0n) is 7.99. The highest BCUT2D eigenvalue weighted by Crippen LogP contribution is 2.36. The summed E-state index contributed by atoms with van der Waals surface area (Å²) >= 11 is 3.30. The van der Waals surface area contributed by atoms with E-state index in [1.165, 1.54) is 0 Å². The molecule has 0 unspecified atom stereocenters. The molecule has 0 saturated heterocycles. The highest BCUT2D eigenvalue weighted by atomic mass is 79.9. The van der Waals surface area contributed by atoms with Crippen LogP contribution in [0.4, 0.5) is 5.88 Å². The van der Waals surface area contributed by atoms with Gasteiger partial charge in [0.05, 0.1) is 4.47 Å². The highest BCUT2D eigenvalue weighted by molar-refractivity contribution is 9.10. The van der Waals surface area contributed by atoms with E-state index < -0.39 is 0 Å². The molecule has 1 aromatic heterocycles. The maximum atomic E-state index is 9.72. The van der Waals surface area contributed by atoms with Gasteiger partial charge in [0.2, 0.25) is 5.88 Å². The summed E-state index contributed by atoms with van der Waals surface area (Å²) in [6.45, 7) is 1.82. The number of phenols is 1. The second-order valence-electron chi connectivity index (χ2n) is 3.21. The van der Waals surface area contributed by atoms with Gasteiger partial charge in [-0.15, -0.1) is 0 Å². The van der Waals surface area contributed by atoms with Crippen molar-refractivity contribution >= 4 is 21.8 Å². The number of aryl methyl sites for hydroxylation is 1. The molecule has 5 heteroatoms. The highest BCUT2D eigenvalue weighted by Gasteiger charge is 2.12. The zero-order chi connectivity index (χ0) is 11.0. The number of aromatic hydroxyl groups is 1. The number of rotatable bonds is 1. The third-order valence-corrected chi connectivity index (χ3v) is 2.92. The van der Waals surface area contributed by atoms with Gasteiger partial charge in [0.15, 0.2) is 0 Å². The first-order valence-electron chi connectivity index (χ1n) is 4.30. The molecule has 0 saturated carbocycles. The third kappa shape index (κ3) is 1.70. The van der Waals surface area contributed by atoms with Crippen LogP contribution in [0, 0.1) is 6.92 Å². The van der Waals surface area contributed by atoms with Gasteiger partial charge in [-0.25, -0.2) is 0 Å². The molecule has 1 aromatic carbocycles. The summed E-state index contributed by atoms with van der Waals surface area (Å²) in [5.74, 6) is 0.450. The van der Waals surface area contributed by atoms with E-state index >= 15 is 0 Å². The first kappa shape index (κ1) is 10.0. The van der Waals surface area contributed by atoms with Crippen LogP contribution in [0.5, 0.6) is 5.75 Å². The van der Waals surface area contributed by atoms with Gasteiger partial charge in [-0.2, -0.15) is 0 Å². The Balaban J connectivity index is 2.59. The van der Waals surface area contributed by atoms with Crippen LogP contribution >= 0.6 is 15.9 Å². The first-order chi connectivity index (χ1) is 7.09. The van der Waals surface area contributed by atoms with Gasteiger partial charge in [0.1, 0.15) is 11.4 Å². The van der Waals surface area contributed by atoms with Crippen LogP contribution < -0.4 is 5.73 Å². The Labute approximate surface area is 94.8 Å². The van der Waals surface area contributed by atoms with E-state index in [0.717, 1.165) is 11.1 Å². The number of aromatic nitrogens is 1. The van der Waals surface area contributed by atoms with E-state index in [9.17, 15) is 5.11 Å². The molecule has 0 amide bonds. The molecule has 15 heavy (non-hydrogen) atoms. The molecule has 0 aliphatic rings. The lowest BCUT2D eigenvalue weighted by Crippen LogP contribution is -1.83. The van der Waals surface area contributed by atoms with Gasteiger partial charge in [-0.1, -0.05) is 17.3 Å². The van der Waals surface area contributed by atoms with Crippen LogP contribution in [-0.4, -0.2) is 10.3 Å². The molecule has 1 heterocycles. The summed E-state index contributed by atoms with van der Waals surface area (Å²) in [6.07, 6.45) is 0. The summed E-state index contributed by atoms with van der Waals surface area (Å²) in [4.78, 5) is 0. The van der Waals surface area contributed by atoms with Crippen LogP contribution in [0.25, 0.3) is 11.3 Å². The Hall–Kier alpha value is -1.49. The normalized spacial score (nSPS) is 10.5. The van der Waals surface area contributed by atoms with Crippen molar-refractivity contribution in [3.05, 3.63) is 28.2 Å². The van der Waals surface area contributed by atoms with Crippen molar-refractivity contribution in [1.82, 2.24) is 5.16 Å². The molecule has 78 valence electrons. The number of nitrogens with two attached hydrogens (primary N) is 1. The predicted octanol–water partition coefficient (Wildman–Crippen LogP) is 2.70. The van der Waals surface area contributed by atoms with E-state index in [1.54, 1.807) is 12.1 Å². The maximum absolute atomic E-state index is 9.72. The van der Waals surface area contributed by atoms with Crippen molar-refractivity contribution < 1.29 is 9.63 Å². The molecule has 4 nitrogen and oxygen atoms in total. The van der Waals surface area contributed by atoms with Crippen LogP contribution in [0.15, 0.2) is 27.2 Å². The van der Waals surface area contributed by atoms with Crippen molar-refractivity contribution in [3.8, 4) is 17.0 Å². The number of benzene rings is 1. The van der Waals surface area contributed by atoms with Gasteiger partial charge in [-0.05, 0) is 28.4 Å². The molecule has 0 radical (unpaired) electrons. The minimum atomic E-state index is 0.203. The van der Waals surface area contributed by atoms with E-state index in [4.69, 9.17) is 10.3 Å². The predicted molar refractivity (Wildman–Crippen MR) is 60.5 cm³/mol. The summed E-state index contributed by atoms with van der Waals surface area (Å²) in [5, 5.41) is 13.5. The second kappa shape index (κ2) is 3.58. The monoisotopic (exact) mass is 268 g/mol. The number of phenolic OH excluding ortho intramolecular Hbond substituents is 1. The number of hydrogen-bond donors (Lipinski definition) is 2. The fourth-order valence-electron chi connectivity index (χ4n) is 1.28. The van der Waals surface area contributed by atoms with Crippen LogP contribution in [0.3, 0.4) is 0 Å².